The molecule has 2 rings (SSSR count). The van der Waals surface area contributed by atoms with Crippen LogP contribution in [-0.2, 0) is 9.59 Å². The molecule has 5 nitrogen and oxygen atoms in total. The van der Waals surface area contributed by atoms with Crippen molar-refractivity contribution in [3.05, 3.63) is 34.3 Å². The summed E-state index contributed by atoms with van der Waals surface area (Å²) in [5.41, 5.74) is 7.08. The number of hydrogen-bond donors (Lipinski definition) is 2. The first-order valence-corrected chi connectivity index (χ1v) is 7.55. The molecule has 1 saturated heterocycles. The number of amides is 1. The maximum absolute atomic E-state index is 11.7. The van der Waals surface area contributed by atoms with Crippen LogP contribution in [0.3, 0.4) is 0 Å². The van der Waals surface area contributed by atoms with Crippen molar-refractivity contribution in [2.45, 2.75) is 25.3 Å². The van der Waals surface area contributed by atoms with Crippen LogP contribution in [0.4, 0.5) is 5.69 Å². The van der Waals surface area contributed by atoms with Gasteiger partial charge in [0.15, 0.2) is 0 Å². The summed E-state index contributed by atoms with van der Waals surface area (Å²) < 4.78 is 0.874. The molecule has 1 aliphatic heterocycles. The largest absolute Gasteiger partial charge is 0.478 e. The SMILES string of the molecule is NC(=O)C1CCCCN1c1cc(Br)ccc1C=CC(=O)O. The maximum atomic E-state index is 11.7. The smallest absolute Gasteiger partial charge is 0.328 e. The van der Waals surface area contributed by atoms with Gasteiger partial charge in [-0.2, -0.15) is 0 Å². The molecule has 1 aliphatic rings. The van der Waals surface area contributed by atoms with E-state index in [9.17, 15) is 9.59 Å². The normalized spacial score (nSPS) is 18.9. The first-order chi connectivity index (χ1) is 9.99. The average molecular weight is 353 g/mol. The monoisotopic (exact) mass is 352 g/mol. The van der Waals surface area contributed by atoms with Gasteiger partial charge in [0.25, 0.3) is 0 Å². The topological polar surface area (TPSA) is 83.6 Å². The van der Waals surface area contributed by atoms with Crippen LogP contribution < -0.4 is 10.6 Å². The van der Waals surface area contributed by atoms with Crippen LogP contribution in [0.25, 0.3) is 6.08 Å². The van der Waals surface area contributed by atoms with Gasteiger partial charge in [-0.15, -0.1) is 0 Å². The molecule has 3 N–H and O–H groups in total. The van der Waals surface area contributed by atoms with E-state index in [0.717, 1.165) is 47.6 Å². The molecule has 1 unspecified atom stereocenters. The van der Waals surface area contributed by atoms with Crippen LogP contribution in [0.5, 0.6) is 0 Å². The molecule has 1 heterocycles. The van der Waals surface area contributed by atoms with Crippen LogP contribution in [0, 0.1) is 0 Å². The van der Waals surface area contributed by atoms with E-state index in [-0.39, 0.29) is 11.9 Å². The molecule has 0 radical (unpaired) electrons. The lowest BCUT2D eigenvalue weighted by Gasteiger charge is -2.36. The van der Waals surface area contributed by atoms with Gasteiger partial charge < -0.3 is 15.7 Å². The number of aliphatic carboxylic acids is 1. The number of piperidine rings is 1. The third kappa shape index (κ3) is 3.85. The highest BCUT2D eigenvalue weighted by Gasteiger charge is 2.28. The van der Waals surface area contributed by atoms with Gasteiger partial charge in [-0.25, -0.2) is 4.79 Å². The van der Waals surface area contributed by atoms with E-state index in [4.69, 9.17) is 10.8 Å². The van der Waals surface area contributed by atoms with E-state index in [1.54, 1.807) is 0 Å². The molecule has 1 aromatic carbocycles. The number of nitrogens with zero attached hydrogens (tertiary/aromatic N) is 1. The number of primary amides is 1. The lowest BCUT2D eigenvalue weighted by atomic mass is 9.99. The highest BCUT2D eigenvalue weighted by atomic mass is 79.9. The Bertz CT molecular complexity index is 586. The summed E-state index contributed by atoms with van der Waals surface area (Å²) >= 11 is 3.42. The Morgan fingerprint density at radius 3 is 2.81 bits per heavy atom. The van der Waals surface area contributed by atoms with E-state index >= 15 is 0 Å². The zero-order valence-electron chi connectivity index (χ0n) is 11.5. The molecule has 0 aliphatic carbocycles. The van der Waals surface area contributed by atoms with Crippen molar-refractivity contribution in [3.8, 4) is 0 Å². The molecule has 21 heavy (non-hydrogen) atoms. The molecule has 6 heteroatoms. The second-order valence-corrected chi connectivity index (χ2v) is 5.90. The fourth-order valence-corrected chi connectivity index (χ4v) is 2.93. The third-order valence-corrected chi connectivity index (χ3v) is 4.03. The lowest BCUT2D eigenvalue weighted by molar-refractivity contribution is -0.131. The number of carboxylic acid groups (broad SMARTS) is 1. The van der Waals surface area contributed by atoms with Crippen molar-refractivity contribution in [1.29, 1.82) is 0 Å². The number of halogens is 1. The highest BCUT2D eigenvalue weighted by molar-refractivity contribution is 9.10. The van der Waals surface area contributed by atoms with E-state index in [2.05, 4.69) is 15.9 Å². The Balaban J connectivity index is 2.42. The lowest BCUT2D eigenvalue weighted by Crippen LogP contribution is -2.48. The average Bonchev–Trinajstić information content (AvgIpc) is 2.45. The molecular weight excluding hydrogens is 336 g/mol. The van der Waals surface area contributed by atoms with Crippen molar-refractivity contribution in [3.63, 3.8) is 0 Å². The highest BCUT2D eigenvalue weighted by Crippen LogP contribution is 2.31. The van der Waals surface area contributed by atoms with Crippen LogP contribution >= 0.6 is 15.9 Å². The molecule has 0 aromatic heterocycles. The molecule has 0 bridgehead atoms. The first-order valence-electron chi connectivity index (χ1n) is 6.75. The molecule has 1 atom stereocenters. The Labute approximate surface area is 131 Å². The number of nitrogens with two attached hydrogens (primary N) is 1. The van der Waals surface area contributed by atoms with Crippen molar-refractivity contribution in [2.75, 3.05) is 11.4 Å². The summed E-state index contributed by atoms with van der Waals surface area (Å²) in [4.78, 5) is 24.3. The van der Waals surface area contributed by atoms with Crippen molar-refractivity contribution in [2.24, 2.45) is 5.73 Å². The van der Waals surface area contributed by atoms with Gasteiger partial charge in [-0.3, -0.25) is 4.79 Å². The van der Waals surface area contributed by atoms with Crippen molar-refractivity contribution in [1.82, 2.24) is 0 Å². The second-order valence-electron chi connectivity index (χ2n) is 4.98. The summed E-state index contributed by atoms with van der Waals surface area (Å²) in [7, 11) is 0. The summed E-state index contributed by atoms with van der Waals surface area (Å²) in [6.07, 6.45) is 5.31. The fraction of sp³-hybridized carbons (Fsp3) is 0.333. The first kappa shape index (κ1) is 15.6. The van der Waals surface area contributed by atoms with Crippen LogP contribution in [0.2, 0.25) is 0 Å². The molecule has 112 valence electrons. The van der Waals surface area contributed by atoms with Crippen LogP contribution in [0.15, 0.2) is 28.7 Å². The van der Waals surface area contributed by atoms with Crippen LogP contribution in [0.1, 0.15) is 24.8 Å². The Morgan fingerprint density at radius 1 is 1.38 bits per heavy atom. The molecular formula is C15H17BrN2O3. The number of hydrogen-bond acceptors (Lipinski definition) is 3. The predicted octanol–water partition coefficient (Wildman–Crippen LogP) is 2.39. The fourth-order valence-electron chi connectivity index (χ4n) is 2.58. The summed E-state index contributed by atoms with van der Waals surface area (Å²) in [6.45, 7) is 0.734. The van der Waals surface area contributed by atoms with Crippen molar-refractivity contribution >= 4 is 39.6 Å². The summed E-state index contributed by atoms with van der Waals surface area (Å²) in [6, 6.07) is 5.22. The van der Waals surface area contributed by atoms with Gasteiger partial charge in [0.1, 0.15) is 6.04 Å². The van der Waals surface area contributed by atoms with Gasteiger partial charge in [0, 0.05) is 22.8 Å². The Kier molecular flexibility index (Phi) is 5.01. The minimum absolute atomic E-state index is 0.343. The zero-order chi connectivity index (χ0) is 15.4. The van der Waals surface area contributed by atoms with Crippen LogP contribution in [-0.4, -0.2) is 29.6 Å². The Hall–Kier alpha value is -1.82. The van der Waals surface area contributed by atoms with Gasteiger partial charge in [0.2, 0.25) is 5.91 Å². The van der Waals surface area contributed by atoms with E-state index in [1.807, 2.05) is 23.1 Å². The predicted molar refractivity (Wildman–Crippen MR) is 85.0 cm³/mol. The van der Waals surface area contributed by atoms with Gasteiger partial charge in [-0.05, 0) is 43.0 Å². The number of anilines is 1. The maximum Gasteiger partial charge on any atom is 0.328 e. The molecule has 1 fully saturated rings. The number of carbonyl (C=O) groups is 2. The minimum Gasteiger partial charge on any atom is -0.478 e. The molecule has 1 amide bonds. The third-order valence-electron chi connectivity index (χ3n) is 3.54. The summed E-state index contributed by atoms with van der Waals surface area (Å²) in [5, 5.41) is 8.79. The van der Waals surface area contributed by atoms with E-state index < -0.39 is 5.97 Å². The summed E-state index contributed by atoms with van der Waals surface area (Å²) in [5.74, 6) is -1.35. The number of rotatable bonds is 4. The molecule has 1 aromatic rings. The minimum atomic E-state index is -1.01. The quantitative estimate of drug-likeness (QED) is 0.815. The Morgan fingerprint density at radius 2 is 2.14 bits per heavy atom. The number of benzene rings is 1. The second kappa shape index (κ2) is 6.76. The zero-order valence-corrected chi connectivity index (χ0v) is 13.0. The number of carbonyl (C=O) groups excluding carboxylic acids is 1. The van der Waals surface area contributed by atoms with Gasteiger partial charge >= 0.3 is 5.97 Å². The van der Waals surface area contributed by atoms with E-state index in [0.29, 0.717) is 0 Å². The standard InChI is InChI=1S/C15H17BrN2O3/c16-11-6-4-10(5-7-14(19)20)13(9-11)18-8-2-1-3-12(18)15(17)21/h4-7,9,12H,1-3,8H2,(H2,17,21)(H,19,20). The molecule has 0 spiro atoms. The van der Waals surface area contributed by atoms with Gasteiger partial charge in [-0.1, -0.05) is 22.0 Å². The number of carboxylic acids is 1. The van der Waals surface area contributed by atoms with Crippen molar-refractivity contribution < 1.29 is 14.7 Å². The molecule has 0 saturated carbocycles. The van der Waals surface area contributed by atoms with E-state index in [1.165, 1.54) is 6.08 Å². The van der Waals surface area contributed by atoms with Gasteiger partial charge in [0.05, 0.1) is 0 Å².